The number of hydrogen-bond donors (Lipinski definition) is 2. The molecule has 0 atom stereocenters. The fourth-order valence-corrected chi connectivity index (χ4v) is 1.36. The zero-order chi connectivity index (χ0) is 13.7. The van der Waals surface area contributed by atoms with Gasteiger partial charge in [0.05, 0.1) is 0 Å². The predicted octanol–water partition coefficient (Wildman–Crippen LogP) is 2.97. The summed E-state index contributed by atoms with van der Waals surface area (Å²) in [4.78, 5) is 0. The minimum Gasteiger partial charge on any atom is -0.264 e. The Morgan fingerprint density at radius 3 is 1.88 bits per heavy atom. The van der Waals surface area contributed by atoms with Crippen LogP contribution in [0.2, 0.25) is 0 Å². The summed E-state index contributed by atoms with van der Waals surface area (Å²) in [5.41, 5.74) is 2.81. The van der Waals surface area contributed by atoms with Crippen molar-refractivity contribution in [1.29, 1.82) is 0 Å². The van der Waals surface area contributed by atoms with E-state index in [2.05, 4.69) is 45.5 Å². The monoisotopic (exact) mass is 258 g/mol. The lowest BCUT2D eigenvalue weighted by Gasteiger charge is -2.21. The molecule has 4 nitrogen and oxygen atoms in total. The van der Waals surface area contributed by atoms with Gasteiger partial charge in [-0.3, -0.25) is 9.11 Å². The maximum absolute atomic E-state index is 8.74. The second kappa shape index (κ2) is 5.95. The molecule has 0 heterocycles. The molecule has 0 unspecified atom stereocenters. The molecule has 5 heteroatoms. The van der Waals surface area contributed by atoms with Gasteiger partial charge in [0.25, 0.3) is 0 Å². The van der Waals surface area contributed by atoms with Crippen LogP contribution in [0.4, 0.5) is 0 Å². The van der Waals surface area contributed by atoms with E-state index >= 15 is 0 Å². The van der Waals surface area contributed by atoms with Gasteiger partial charge in [-0.05, 0) is 16.5 Å². The van der Waals surface area contributed by atoms with E-state index in [1.807, 2.05) is 12.1 Å². The molecule has 96 valence electrons. The SMILES string of the molecule is C=Cc1ccccc1C(C)(C)C.O=S(=O)(O)O. The molecule has 0 spiro atoms. The second-order valence-corrected chi connectivity index (χ2v) is 5.38. The van der Waals surface area contributed by atoms with Crippen LogP contribution >= 0.6 is 0 Å². The first-order valence-corrected chi connectivity index (χ1v) is 6.37. The Bertz CT molecular complexity index is 462. The van der Waals surface area contributed by atoms with Crippen LogP contribution in [0.5, 0.6) is 0 Å². The Labute approximate surface area is 103 Å². The molecule has 0 fully saturated rings. The first kappa shape index (κ1) is 15.8. The summed E-state index contributed by atoms with van der Waals surface area (Å²) in [6.45, 7) is 10.5. The van der Waals surface area contributed by atoms with Crippen molar-refractivity contribution >= 4 is 16.5 Å². The smallest absolute Gasteiger partial charge is 0.264 e. The Morgan fingerprint density at radius 2 is 1.59 bits per heavy atom. The van der Waals surface area contributed by atoms with E-state index in [-0.39, 0.29) is 5.41 Å². The molecule has 1 rings (SSSR count). The molecule has 0 aromatic heterocycles. The normalized spacial score (nSPS) is 11.4. The van der Waals surface area contributed by atoms with Crippen molar-refractivity contribution in [3.63, 3.8) is 0 Å². The van der Waals surface area contributed by atoms with Gasteiger partial charge in [-0.1, -0.05) is 57.7 Å². The van der Waals surface area contributed by atoms with Gasteiger partial charge in [0.1, 0.15) is 0 Å². The predicted molar refractivity (Wildman–Crippen MR) is 69.4 cm³/mol. The summed E-state index contributed by atoms with van der Waals surface area (Å²) < 4.78 is 31.6. The Morgan fingerprint density at radius 1 is 1.18 bits per heavy atom. The second-order valence-electron chi connectivity index (χ2n) is 4.49. The maximum Gasteiger partial charge on any atom is 0.394 e. The molecule has 1 aromatic rings. The van der Waals surface area contributed by atoms with Gasteiger partial charge in [0, 0.05) is 0 Å². The van der Waals surface area contributed by atoms with Gasteiger partial charge in [0.15, 0.2) is 0 Å². The lowest BCUT2D eigenvalue weighted by Crippen LogP contribution is -2.12. The summed E-state index contributed by atoms with van der Waals surface area (Å²) in [6.07, 6.45) is 1.92. The van der Waals surface area contributed by atoms with Crippen LogP contribution in [0.3, 0.4) is 0 Å². The number of hydrogen-bond acceptors (Lipinski definition) is 2. The van der Waals surface area contributed by atoms with Gasteiger partial charge >= 0.3 is 10.4 Å². The minimum absolute atomic E-state index is 0.213. The van der Waals surface area contributed by atoms with E-state index in [4.69, 9.17) is 17.5 Å². The van der Waals surface area contributed by atoms with Crippen LogP contribution in [-0.4, -0.2) is 17.5 Å². The molecule has 0 bridgehead atoms. The van der Waals surface area contributed by atoms with Crippen molar-refractivity contribution in [2.75, 3.05) is 0 Å². The van der Waals surface area contributed by atoms with Crippen molar-refractivity contribution in [3.8, 4) is 0 Å². The Balaban J connectivity index is 0.000000437. The summed E-state index contributed by atoms with van der Waals surface area (Å²) in [7, 11) is -4.67. The summed E-state index contributed by atoms with van der Waals surface area (Å²) in [6, 6.07) is 8.39. The van der Waals surface area contributed by atoms with Crippen LogP contribution in [0.25, 0.3) is 6.08 Å². The van der Waals surface area contributed by atoms with Crippen LogP contribution < -0.4 is 0 Å². The highest BCUT2D eigenvalue weighted by Crippen LogP contribution is 2.25. The molecule has 1 aromatic carbocycles. The molecule has 0 saturated carbocycles. The van der Waals surface area contributed by atoms with Crippen molar-refractivity contribution in [2.24, 2.45) is 0 Å². The molecular weight excluding hydrogens is 240 g/mol. The third-order valence-electron chi connectivity index (χ3n) is 1.99. The van der Waals surface area contributed by atoms with Crippen LogP contribution in [-0.2, 0) is 15.8 Å². The highest BCUT2D eigenvalue weighted by molar-refractivity contribution is 7.79. The highest BCUT2D eigenvalue weighted by atomic mass is 32.3. The zero-order valence-corrected chi connectivity index (χ0v) is 11.0. The van der Waals surface area contributed by atoms with E-state index in [0.29, 0.717) is 0 Å². The molecule has 0 aliphatic heterocycles. The van der Waals surface area contributed by atoms with Crippen molar-refractivity contribution < 1.29 is 17.5 Å². The van der Waals surface area contributed by atoms with E-state index < -0.39 is 10.4 Å². The fourth-order valence-electron chi connectivity index (χ4n) is 1.36. The molecular formula is C12H18O4S. The quantitative estimate of drug-likeness (QED) is 0.759. The Kier molecular flexibility index (Phi) is 5.54. The average molecular weight is 258 g/mol. The van der Waals surface area contributed by atoms with E-state index in [9.17, 15) is 0 Å². The first-order valence-electron chi connectivity index (χ1n) is 4.97. The summed E-state index contributed by atoms with van der Waals surface area (Å²) in [5, 5.41) is 0. The van der Waals surface area contributed by atoms with Crippen LogP contribution in [0.1, 0.15) is 31.9 Å². The highest BCUT2D eigenvalue weighted by Gasteiger charge is 2.15. The first-order chi connectivity index (χ1) is 7.55. The minimum atomic E-state index is -4.67. The third-order valence-corrected chi connectivity index (χ3v) is 1.99. The van der Waals surface area contributed by atoms with Gasteiger partial charge in [-0.2, -0.15) is 8.42 Å². The molecule has 0 amide bonds. The molecule has 0 radical (unpaired) electrons. The van der Waals surface area contributed by atoms with Gasteiger partial charge in [0.2, 0.25) is 0 Å². The maximum atomic E-state index is 8.74. The van der Waals surface area contributed by atoms with Gasteiger partial charge in [-0.15, -0.1) is 0 Å². The van der Waals surface area contributed by atoms with Crippen molar-refractivity contribution in [1.82, 2.24) is 0 Å². The van der Waals surface area contributed by atoms with Crippen LogP contribution in [0, 0.1) is 0 Å². The zero-order valence-electron chi connectivity index (χ0n) is 10.2. The number of rotatable bonds is 1. The van der Waals surface area contributed by atoms with Crippen molar-refractivity contribution in [2.45, 2.75) is 26.2 Å². The summed E-state index contributed by atoms with van der Waals surface area (Å²) >= 11 is 0. The van der Waals surface area contributed by atoms with Crippen molar-refractivity contribution in [3.05, 3.63) is 42.0 Å². The third kappa shape index (κ3) is 7.68. The molecule has 0 saturated heterocycles. The average Bonchev–Trinajstić information content (AvgIpc) is 2.14. The van der Waals surface area contributed by atoms with Gasteiger partial charge < -0.3 is 0 Å². The summed E-state index contributed by atoms with van der Waals surface area (Å²) in [5.74, 6) is 0. The van der Waals surface area contributed by atoms with E-state index in [1.165, 1.54) is 11.1 Å². The number of benzene rings is 1. The standard InChI is InChI=1S/C12H16.H2O4S/c1-5-10-8-6-7-9-11(10)12(2,3)4;1-5(2,3)4/h5-9H,1H2,2-4H3;(H2,1,2,3,4). The molecule has 0 aliphatic carbocycles. The van der Waals surface area contributed by atoms with E-state index in [1.54, 1.807) is 0 Å². The largest absolute Gasteiger partial charge is 0.394 e. The van der Waals surface area contributed by atoms with Gasteiger partial charge in [-0.25, -0.2) is 0 Å². The molecule has 2 N–H and O–H groups in total. The molecule has 17 heavy (non-hydrogen) atoms. The lowest BCUT2D eigenvalue weighted by molar-refractivity contribution is 0.381. The fraction of sp³-hybridized carbons (Fsp3) is 0.333. The van der Waals surface area contributed by atoms with E-state index in [0.717, 1.165) is 0 Å². The molecule has 0 aliphatic rings. The van der Waals surface area contributed by atoms with Crippen LogP contribution in [0.15, 0.2) is 30.8 Å². The Hall–Kier alpha value is -1.17. The topological polar surface area (TPSA) is 74.6 Å². The lowest BCUT2D eigenvalue weighted by atomic mass is 9.84.